The second-order valence-corrected chi connectivity index (χ2v) is 9.05. The summed E-state index contributed by atoms with van der Waals surface area (Å²) in [5.74, 6) is -0.769. The number of halogens is 1. The molecule has 0 fully saturated rings. The molecule has 5 nitrogen and oxygen atoms in total. The second kappa shape index (κ2) is 8.67. The first-order valence-corrected chi connectivity index (χ1v) is 10.8. The second-order valence-electron chi connectivity index (χ2n) is 7.08. The zero-order valence-electron chi connectivity index (χ0n) is 17.0. The number of aryl methyl sites for hydroxylation is 1. The molecule has 0 aliphatic heterocycles. The molecule has 0 radical (unpaired) electrons. The topological polar surface area (TPSA) is 66.5 Å². The molecule has 30 heavy (non-hydrogen) atoms. The third-order valence-corrected chi connectivity index (χ3v) is 6.65. The van der Waals surface area contributed by atoms with Gasteiger partial charge in [-0.3, -0.25) is 9.10 Å². The first-order valence-electron chi connectivity index (χ1n) is 9.40. The van der Waals surface area contributed by atoms with Crippen LogP contribution in [-0.2, 0) is 10.0 Å². The number of hydrogen-bond acceptors (Lipinski definition) is 3. The standard InChI is InChI=1S/C23H23FN2O3S/c1-16-7-13-21(14-8-16)26(3)30(28,29)22-6-4-5-19(15-22)23(27)25-17(2)18-9-11-20(24)12-10-18/h4-15,17H,1-3H3,(H,25,27)/t17-/m0/s1. The van der Waals surface area contributed by atoms with Crippen LogP contribution in [-0.4, -0.2) is 21.4 Å². The lowest BCUT2D eigenvalue weighted by Gasteiger charge is -2.20. The summed E-state index contributed by atoms with van der Waals surface area (Å²) in [6, 6.07) is 18.5. The average Bonchev–Trinajstić information content (AvgIpc) is 2.74. The van der Waals surface area contributed by atoms with Crippen molar-refractivity contribution in [1.82, 2.24) is 5.32 Å². The number of nitrogens with one attached hydrogen (secondary N) is 1. The lowest BCUT2D eigenvalue weighted by Crippen LogP contribution is -2.28. The Morgan fingerprint density at radius 1 is 1.00 bits per heavy atom. The highest BCUT2D eigenvalue weighted by Gasteiger charge is 2.23. The van der Waals surface area contributed by atoms with Gasteiger partial charge in [0.1, 0.15) is 5.82 Å². The third-order valence-electron chi connectivity index (χ3n) is 4.87. The van der Waals surface area contributed by atoms with Crippen molar-refractivity contribution in [2.24, 2.45) is 0 Å². The van der Waals surface area contributed by atoms with Crippen molar-refractivity contribution >= 4 is 21.6 Å². The summed E-state index contributed by atoms with van der Waals surface area (Å²) in [6.07, 6.45) is 0. The van der Waals surface area contributed by atoms with Gasteiger partial charge in [0.2, 0.25) is 0 Å². The van der Waals surface area contributed by atoms with Crippen molar-refractivity contribution in [3.63, 3.8) is 0 Å². The van der Waals surface area contributed by atoms with Crippen molar-refractivity contribution in [3.05, 3.63) is 95.3 Å². The lowest BCUT2D eigenvalue weighted by atomic mass is 10.1. The molecule has 3 aromatic carbocycles. The third kappa shape index (κ3) is 4.68. The van der Waals surface area contributed by atoms with Gasteiger partial charge in [0.15, 0.2) is 0 Å². The van der Waals surface area contributed by atoms with Gasteiger partial charge in [-0.25, -0.2) is 12.8 Å². The molecule has 0 aromatic heterocycles. The first-order chi connectivity index (χ1) is 14.2. The molecule has 0 spiro atoms. The number of nitrogens with zero attached hydrogens (tertiary/aromatic N) is 1. The predicted molar refractivity (Wildman–Crippen MR) is 115 cm³/mol. The maximum atomic E-state index is 13.1. The van der Waals surface area contributed by atoms with Crippen molar-refractivity contribution in [2.45, 2.75) is 24.8 Å². The summed E-state index contributed by atoms with van der Waals surface area (Å²) >= 11 is 0. The van der Waals surface area contributed by atoms with Crippen molar-refractivity contribution in [3.8, 4) is 0 Å². The Morgan fingerprint density at radius 3 is 2.27 bits per heavy atom. The van der Waals surface area contributed by atoms with Crippen molar-refractivity contribution < 1.29 is 17.6 Å². The zero-order valence-corrected chi connectivity index (χ0v) is 17.8. The number of anilines is 1. The highest BCUT2D eigenvalue weighted by molar-refractivity contribution is 7.92. The summed E-state index contributed by atoms with van der Waals surface area (Å²) in [5, 5.41) is 2.81. The molecule has 0 saturated heterocycles. The summed E-state index contributed by atoms with van der Waals surface area (Å²) in [6.45, 7) is 3.70. The Hall–Kier alpha value is -3.19. The van der Waals surface area contributed by atoms with Gasteiger partial charge < -0.3 is 5.32 Å². The van der Waals surface area contributed by atoms with E-state index >= 15 is 0 Å². The quantitative estimate of drug-likeness (QED) is 0.633. The Balaban J connectivity index is 1.81. The maximum Gasteiger partial charge on any atom is 0.264 e. The average molecular weight is 427 g/mol. The molecule has 1 atom stereocenters. The molecule has 0 bridgehead atoms. The van der Waals surface area contributed by atoms with Crippen LogP contribution >= 0.6 is 0 Å². The number of hydrogen-bond donors (Lipinski definition) is 1. The highest BCUT2D eigenvalue weighted by atomic mass is 32.2. The van der Waals surface area contributed by atoms with E-state index in [-0.39, 0.29) is 22.3 Å². The molecule has 7 heteroatoms. The number of benzene rings is 3. The SMILES string of the molecule is Cc1ccc(N(C)S(=O)(=O)c2cccc(C(=O)N[C@@H](C)c3ccc(F)cc3)c2)cc1. The van der Waals surface area contributed by atoms with Gasteiger partial charge >= 0.3 is 0 Å². The van der Waals surface area contributed by atoms with Crippen LogP contribution in [0.3, 0.4) is 0 Å². The fraction of sp³-hybridized carbons (Fsp3) is 0.174. The molecule has 0 saturated carbocycles. The number of carbonyl (C=O) groups excluding carboxylic acids is 1. The Kier molecular flexibility index (Phi) is 6.22. The van der Waals surface area contributed by atoms with Crippen LogP contribution in [0.25, 0.3) is 0 Å². The molecule has 0 aliphatic rings. The van der Waals surface area contributed by atoms with Gasteiger partial charge in [0, 0.05) is 12.6 Å². The molecule has 1 amide bonds. The van der Waals surface area contributed by atoms with Crippen molar-refractivity contribution in [1.29, 1.82) is 0 Å². The van der Waals surface area contributed by atoms with E-state index in [9.17, 15) is 17.6 Å². The van der Waals surface area contributed by atoms with Crippen LogP contribution < -0.4 is 9.62 Å². The highest BCUT2D eigenvalue weighted by Crippen LogP contribution is 2.23. The number of carbonyl (C=O) groups is 1. The van der Waals surface area contributed by atoms with Gasteiger partial charge in [-0.15, -0.1) is 0 Å². The number of rotatable bonds is 6. The normalized spacial score (nSPS) is 12.3. The minimum Gasteiger partial charge on any atom is -0.346 e. The van der Waals surface area contributed by atoms with Crippen molar-refractivity contribution in [2.75, 3.05) is 11.4 Å². The molecule has 3 rings (SSSR count). The van der Waals surface area contributed by atoms with Crippen LogP contribution in [0, 0.1) is 12.7 Å². The fourth-order valence-corrected chi connectivity index (χ4v) is 4.21. The van der Waals surface area contributed by atoms with Gasteiger partial charge in [-0.1, -0.05) is 35.9 Å². The minimum atomic E-state index is -3.83. The van der Waals surface area contributed by atoms with E-state index in [1.165, 1.54) is 41.7 Å². The Bertz CT molecular complexity index is 1140. The first kappa shape index (κ1) is 21.5. The minimum absolute atomic E-state index is 0.0210. The largest absolute Gasteiger partial charge is 0.346 e. The molecule has 0 heterocycles. The van der Waals surface area contributed by atoms with Gasteiger partial charge in [-0.05, 0) is 61.9 Å². The molecular formula is C23H23FN2O3S. The number of sulfonamides is 1. The zero-order chi connectivity index (χ0) is 21.9. The van der Waals surface area contributed by atoms with E-state index in [2.05, 4.69) is 5.32 Å². The van der Waals surface area contributed by atoms with Gasteiger partial charge in [0.05, 0.1) is 16.6 Å². The van der Waals surface area contributed by atoms with E-state index in [1.807, 2.05) is 19.1 Å². The molecule has 0 unspecified atom stereocenters. The Labute approximate surface area is 176 Å². The summed E-state index contributed by atoms with van der Waals surface area (Å²) in [4.78, 5) is 12.7. The molecular weight excluding hydrogens is 403 g/mol. The molecule has 156 valence electrons. The lowest BCUT2D eigenvalue weighted by molar-refractivity contribution is 0.0939. The van der Waals surface area contributed by atoms with Crippen LogP contribution in [0.5, 0.6) is 0 Å². The van der Waals surface area contributed by atoms with Crippen LogP contribution in [0.4, 0.5) is 10.1 Å². The van der Waals surface area contributed by atoms with E-state index in [1.54, 1.807) is 37.3 Å². The maximum absolute atomic E-state index is 13.1. The van der Waals surface area contributed by atoms with Crippen LogP contribution in [0.15, 0.2) is 77.7 Å². The molecule has 3 aromatic rings. The fourth-order valence-electron chi connectivity index (χ4n) is 2.96. The van der Waals surface area contributed by atoms with Gasteiger partial charge in [-0.2, -0.15) is 0 Å². The summed E-state index contributed by atoms with van der Waals surface area (Å²) in [5.41, 5.74) is 2.52. The summed E-state index contributed by atoms with van der Waals surface area (Å²) < 4.78 is 40.3. The van der Waals surface area contributed by atoms with Crippen LogP contribution in [0.2, 0.25) is 0 Å². The van der Waals surface area contributed by atoms with Crippen LogP contribution in [0.1, 0.15) is 34.5 Å². The monoisotopic (exact) mass is 426 g/mol. The Morgan fingerprint density at radius 2 is 1.63 bits per heavy atom. The predicted octanol–water partition coefficient (Wildman–Crippen LogP) is 4.45. The van der Waals surface area contributed by atoms with Gasteiger partial charge in [0.25, 0.3) is 15.9 Å². The van der Waals surface area contributed by atoms with E-state index in [0.29, 0.717) is 5.69 Å². The summed E-state index contributed by atoms with van der Waals surface area (Å²) in [7, 11) is -2.36. The smallest absolute Gasteiger partial charge is 0.264 e. The van der Waals surface area contributed by atoms with E-state index in [0.717, 1.165) is 11.1 Å². The van der Waals surface area contributed by atoms with E-state index in [4.69, 9.17) is 0 Å². The molecule has 1 N–H and O–H groups in total. The molecule has 0 aliphatic carbocycles. The number of amides is 1. The van der Waals surface area contributed by atoms with E-state index < -0.39 is 15.9 Å².